The first kappa shape index (κ1) is 8.04. The number of hydrogen-bond donors (Lipinski definition) is 1. The van der Waals surface area contributed by atoms with Crippen LogP contribution in [0.1, 0.15) is 19.4 Å². The quantitative estimate of drug-likeness (QED) is 0.695. The van der Waals surface area contributed by atoms with Gasteiger partial charge in [0.2, 0.25) is 0 Å². The molecule has 1 N–H and O–H groups in total. The number of rotatable bonds is 1. The van der Waals surface area contributed by atoms with Gasteiger partial charge in [-0.2, -0.15) is 0 Å². The van der Waals surface area contributed by atoms with Crippen molar-refractivity contribution in [3.63, 3.8) is 0 Å². The van der Waals surface area contributed by atoms with Crippen LogP contribution in [-0.4, -0.2) is 17.3 Å². The fraction of sp³-hybridized carbons (Fsp3) is 0.333. The first-order valence-corrected chi connectivity index (χ1v) is 4.03. The predicted octanol–water partition coefficient (Wildman–Crippen LogP) is 0.935. The van der Waals surface area contributed by atoms with E-state index < -0.39 is 5.54 Å². The Kier molecular flexibility index (Phi) is 1.52. The number of carbonyl (C=O) groups excluding carboxylic acids is 1. The molecule has 1 aliphatic rings. The summed E-state index contributed by atoms with van der Waals surface area (Å²) in [6.45, 7) is 3.55. The second-order valence-electron chi connectivity index (χ2n) is 3.49. The Morgan fingerprint density at radius 1 is 1.54 bits per heavy atom. The number of hydrogen-bond acceptors (Lipinski definition) is 3. The normalized spacial score (nSPS) is 19.8. The van der Waals surface area contributed by atoms with Crippen molar-refractivity contribution in [1.82, 2.24) is 5.32 Å². The zero-order chi connectivity index (χ0) is 9.47. The minimum atomic E-state index is -0.660. The van der Waals surface area contributed by atoms with Crippen LogP contribution in [0.15, 0.2) is 28.0 Å². The van der Waals surface area contributed by atoms with Crippen molar-refractivity contribution in [2.24, 2.45) is 4.99 Å². The van der Waals surface area contributed by atoms with Gasteiger partial charge in [-0.15, -0.1) is 0 Å². The van der Waals surface area contributed by atoms with Gasteiger partial charge in [0.05, 0.1) is 11.8 Å². The van der Waals surface area contributed by atoms with E-state index in [-0.39, 0.29) is 5.91 Å². The van der Waals surface area contributed by atoms with Crippen molar-refractivity contribution in [3.05, 3.63) is 24.2 Å². The number of aliphatic imine (C=N–C) groups is 1. The lowest BCUT2D eigenvalue weighted by atomic mass is 10.1. The molecular formula is C9H10N2O2. The summed E-state index contributed by atoms with van der Waals surface area (Å²) in [4.78, 5) is 15.6. The highest BCUT2D eigenvalue weighted by Crippen LogP contribution is 2.17. The predicted molar refractivity (Wildman–Crippen MR) is 47.5 cm³/mol. The van der Waals surface area contributed by atoms with Crippen LogP contribution in [0.3, 0.4) is 0 Å². The van der Waals surface area contributed by atoms with Crippen LogP contribution in [0.5, 0.6) is 0 Å². The molecule has 4 nitrogen and oxygen atoms in total. The molecule has 0 aliphatic carbocycles. The van der Waals surface area contributed by atoms with Gasteiger partial charge in [-0.25, -0.2) is 0 Å². The highest BCUT2D eigenvalue weighted by molar-refractivity contribution is 6.14. The fourth-order valence-electron chi connectivity index (χ4n) is 1.15. The third kappa shape index (κ3) is 1.24. The highest BCUT2D eigenvalue weighted by atomic mass is 16.3. The summed E-state index contributed by atoms with van der Waals surface area (Å²) in [5.74, 6) is 0.507. The first-order valence-electron chi connectivity index (χ1n) is 4.03. The van der Waals surface area contributed by atoms with Crippen LogP contribution >= 0.6 is 0 Å². The zero-order valence-electron chi connectivity index (χ0n) is 7.50. The van der Waals surface area contributed by atoms with E-state index in [2.05, 4.69) is 10.3 Å². The number of nitrogens with zero attached hydrogens (tertiary/aromatic N) is 1. The molecule has 4 heteroatoms. The summed E-state index contributed by atoms with van der Waals surface area (Å²) in [5.41, 5.74) is 0.144. The molecule has 0 atom stereocenters. The summed E-state index contributed by atoms with van der Waals surface area (Å²) in [7, 11) is 0. The summed E-state index contributed by atoms with van der Waals surface area (Å²) >= 11 is 0. The van der Waals surface area contributed by atoms with Gasteiger partial charge in [0, 0.05) is 0 Å². The van der Waals surface area contributed by atoms with E-state index in [0.29, 0.717) is 5.84 Å². The highest BCUT2D eigenvalue weighted by Gasteiger charge is 2.34. The largest absolute Gasteiger partial charge is 0.472 e. The van der Waals surface area contributed by atoms with Gasteiger partial charge < -0.3 is 9.73 Å². The second-order valence-corrected chi connectivity index (χ2v) is 3.49. The Morgan fingerprint density at radius 2 is 2.31 bits per heavy atom. The molecule has 0 saturated carbocycles. The van der Waals surface area contributed by atoms with Crippen LogP contribution in [-0.2, 0) is 4.79 Å². The number of carbonyl (C=O) groups is 1. The summed E-state index contributed by atoms with van der Waals surface area (Å²) in [6, 6.07) is 1.76. The SMILES string of the molecule is CC1(C)N=C(c2ccoc2)NC1=O. The van der Waals surface area contributed by atoms with Crippen LogP contribution in [0.4, 0.5) is 0 Å². The molecule has 1 aromatic rings. The Bertz CT molecular complexity index is 363. The second kappa shape index (κ2) is 2.45. The van der Waals surface area contributed by atoms with Crippen molar-refractivity contribution in [2.75, 3.05) is 0 Å². The van der Waals surface area contributed by atoms with E-state index in [0.717, 1.165) is 5.56 Å². The number of amides is 1. The van der Waals surface area contributed by atoms with Gasteiger partial charge in [-0.05, 0) is 19.9 Å². The Morgan fingerprint density at radius 3 is 2.77 bits per heavy atom. The average molecular weight is 178 g/mol. The van der Waals surface area contributed by atoms with E-state index in [4.69, 9.17) is 4.42 Å². The van der Waals surface area contributed by atoms with Crippen molar-refractivity contribution in [2.45, 2.75) is 19.4 Å². The summed E-state index contributed by atoms with van der Waals surface area (Å²) in [6.07, 6.45) is 3.11. The standard InChI is InChI=1S/C9H10N2O2/c1-9(2)8(12)10-7(11-9)6-3-4-13-5-6/h3-5H,1-2H3,(H,10,11,12). The Hall–Kier alpha value is -1.58. The van der Waals surface area contributed by atoms with E-state index in [1.165, 1.54) is 0 Å². The maximum Gasteiger partial charge on any atom is 0.252 e. The zero-order valence-corrected chi connectivity index (χ0v) is 7.50. The molecule has 2 heterocycles. The minimum absolute atomic E-state index is 0.0799. The molecule has 2 rings (SSSR count). The molecule has 0 saturated heterocycles. The van der Waals surface area contributed by atoms with Crippen molar-refractivity contribution in [1.29, 1.82) is 0 Å². The van der Waals surface area contributed by atoms with E-state index in [1.54, 1.807) is 32.4 Å². The third-order valence-corrected chi connectivity index (χ3v) is 1.97. The van der Waals surface area contributed by atoms with Crippen LogP contribution in [0, 0.1) is 0 Å². The maximum atomic E-state index is 11.3. The maximum absolute atomic E-state index is 11.3. The Labute approximate surface area is 75.7 Å². The monoisotopic (exact) mass is 178 g/mol. The van der Waals surface area contributed by atoms with E-state index >= 15 is 0 Å². The molecule has 0 fully saturated rings. The smallest absolute Gasteiger partial charge is 0.252 e. The lowest BCUT2D eigenvalue weighted by Gasteiger charge is -2.07. The fourth-order valence-corrected chi connectivity index (χ4v) is 1.15. The molecule has 0 aromatic carbocycles. The molecule has 0 unspecified atom stereocenters. The van der Waals surface area contributed by atoms with Gasteiger partial charge in [0.15, 0.2) is 0 Å². The van der Waals surface area contributed by atoms with Crippen LogP contribution in [0.25, 0.3) is 0 Å². The summed E-state index contributed by atoms with van der Waals surface area (Å²) in [5, 5.41) is 2.70. The van der Waals surface area contributed by atoms with Gasteiger partial charge in [-0.3, -0.25) is 9.79 Å². The van der Waals surface area contributed by atoms with Crippen molar-refractivity contribution >= 4 is 11.7 Å². The van der Waals surface area contributed by atoms with E-state index in [1.807, 2.05) is 0 Å². The van der Waals surface area contributed by atoms with Crippen LogP contribution in [0.2, 0.25) is 0 Å². The molecule has 1 aromatic heterocycles. The first-order chi connectivity index (χ1) is 6.09. The van der Waals surface area contributed by atoms with Crippen molar-refractivity contribution < 1.29 is 9.21 Å². The van der Waals surface area contributed by atoms with Gasteiger partial charge in [0.1, 0.15) is 17.6 Å². The summed E-state index contributed by atoms with van der Waals surface area (Å²) < 4.78 is 4.90. The van der Waals surface area contributed by atoms with Crippen molar-refractivity contribution in [3.8, 4) is 0 Å². The minimum Gasteiger partial charge on any atom is -0.472 e. The number of amidine groups is 1. The molecule has 1 amide bonds. The molecular weight excluding hydrogens is 168 g/mol. The molecule has 1 aliphatic heterocycles. The Balaban J connectivity index is 2.35. The lowest BCUT2D eigenvalue weighted by Crippen LogP contribution is -2.34. The lowest BCUT2D eigenvalue weighted by molar-refractivity contribution is -0.122. The average Bonchev–Trinajstić information content (AvgIpc) is 2.60. The molecule has 0 bridgehead atoms. The molecule has 0 radical (unpaired) electrons. The number of furan rings is 1. The molecule has 68 valence electrons. The third-order valence-electron chi connectivity index (χ3n) is 1.97. The van der Waals surface area contributed by atoms with Gasteiger partial charge >= 0.3 is 0 Å². The van der Waals surface area contributed by atoms with Crippen LogP contribution < -0.4 is 5.32 Å². The number of nitrogens with one attached hydrogen (secondary N) is 1. The topological polar surface area (TPSA) is 54.6 Å². The van der Waals surface area contributed by atoms with Gasteiger partial charge in [0.25, 0.3) is 5.91 Å². The molecule has 13 heavy (non-hydrogen) atoms. The van der Waals surface area contributed by atoms with E-state index in [9.17, 15) is 4.79 Å². The van der Waals surface area contributed by atoms with Gasteiger partial charge in [-0.1, -0.05) is 0 Å². The molecule has 0 spiro atoms.